The largest absolute Gasteiger partial charge is 0.306 e. The van der Waals surface area contributed by atoms with Gasteiger partial charge in [0.25, 0.3) is 0 Å². The molecule has 0 unspecified atom stereocenters. The number of nitrogens with zero attached hydrogens (tertiary/aromatic N) is 2. The van der Waals surface area contributed by atoms with E-state index in [0.29, 0.717) is 12.1 Å². The normalized spacial score (nSPS) is 17.8. The van der Waals surface area contributed by atoms with Crippen molar-refractivity contribution in [2.24, 2.45) is 0 Å². The van der Waals surface area contributed by atoms with Gasteiger partial charge in [-0.3, -0.25) is 9.88 Å². The van der Waals surface area contributed by atoms with Gasteiger partial charge >= 0.3 is 0 Å². The minimum atomic E-state index is 0.372. The Balaban J connectivity index is 1.52. The molecule has 3 rings (SSSR count). The third-order valence-electron chi connectivity index (χ3n) is 5.06. The fourth-order valence-corrected chi connectivity index (χ4v) is 3.64. The molecular weight excluding hydrogens is 294 g/mol. The minimum absolute atomic E-state index is 0.372. The fraction of sp³-hybridized carbons (Fsp3) is 0.476. The molecule has 1 N–H and O–H groups in total. The molecule has 1 saturated heterocycles. The van der Waals surface area contributed by atoms with E-state index >= 15 is 0 Å². The summed E-state index contributed by atoms with van der Waals surface area (Å²) in [4.78, 5) is 7.18. The molecular formula is C21H29N3. The van der Waals surface area contributed by atoms with Gasteiger partial charge in [0.2, 0.25) is 0 Å². The number of hydrogen-bond acceptors (Lipinski definition) is 3. The van der Waals surface area contributed by atoms with Crippen LogP contribution in [0.5, 0.6) is 0 Å². The Morgan fingerprint density at radius 3 is 2.54 bits per heavy atom. The number of pyridine rings is 1. The lowest BCUT2D eigenvalue weighted by molar-refractivity contribution is 0.183. The van der Waals surface area contributed by atoms with E-state index in [1.165, 1.54) is 42.8 Å². The van der Waals surface area contributed by atoms with Crippen LogP contribution in [0.3, 0.4) is 0 Å². The van der Waals surface area contributed by atoms with Gasteiger partial charge in [0.1, 0.15) is 0 Å². The summed E-state index contributed by atoms with van der Waals surface area (Å²) in [7, 11) is 0. The summed E-state index contributed by atoms with van der Waals surface area (Å²) < 4.78 is 0. The van der Waals surface area contributed by atoms with E-state index in [1.54, 1.807) is 0 Å². The molecule has 2 heterocycles. The van der Waals surface area contributed by atoms with Crippen molar-refractivity contribution >= 4 is 0 Å². The molecule has 0 radical (unpaired) electrons. The fourth-order valence-electron chi connectivity index (χ4n) is 3.64. The summed E-state index contributed by atoms with van der Waals surface area (Å²) in [5.74, 6) is 0. The topological polar surface area (TPSA) is 28.2 Å². The van der Waals surface area contributed by atoms with E-state index in [1.807, 2.05) is 12.3 Å². The molecule has 1 fully saturated rings. The zero-order chi connectivity index (χ0) is 16.8. The second-order valence-corrected chi connectivity index (χ2v) is 6.87. The Hall–Kier alpha value is -1.71. The number of likely N-dealkylation sites (tertiary alicyclic amines) is 1. The van der Waals surface area contributed by atoms with Crippen LogP contribution in [0.25, 0.3) is 0 Å². The summed E-state index contributed by atoms with van der Waals surface area (Å²) in [6.07, 6.45) is 5.43. The Labute approximate surface area is 146 Å². The van der Waals surface area contributed by atoms with Crippen LogP contribution in [0.2, 0.25) is 0 Å². The standard InChI is InChI=1S/C21H29N3/c1-3-20(21-17(2)8-7-13-22-21)23-19-11-14-24(15-12-19)16-18-9-5-4-6-10-18/h4-10,13,19-20,23H,3,11-12,14-16H2,1-2H3/t20-/m1/s1. The summed E-state index contributed by atoms with van der Waals surface area (Å²) >= 11 is 0. The lowest BCUT2D eigenvalue weighted by atomic mass is 9.99. The first kappa shape index (κ1) is 17.1. The van der Waals surface area contributed by atoms with Gasteiger partial charge < -0.3 is 5.32 Å². The van der Waals surface area contributed by atoms with Crippen LogP contribution in [-0.2, 0) is 6.54 Å². The molecule has 1 aliphatic rings. The van der Waals surface area contributed by atoms with Crippen LogP contribution in [0, 0.1) is 6.92 Å². The van der Waals surface area contributed by atoms with Gasteiger partial charge in [-0.1, -0.05) is 43.3 Å². The summed E-state index contributed by atoms with van der Waals surface area (Å²) in [6, 6.07) is 15.9. The van der Waals surface area contributed by atoms with Crippen molar-refractivity contribution in [1.82, 2.24) is 15.2 Å². The first-order valence-electron chi connectivity index (χ1n) is 9.20. The minimum Gasteiger partial charge on any atom is -0.306 e. The highest BCUT2D eigenvalue weighted by Crippen LogP contribution is 2.22. The molecule has 24 heavy (non-hydrogen) atoms. The molecule has 3 nitrogen and oxygen atoms in total. The van der Waals surface area contributed by atoms with E-state index < -0.39 is 0 Å². The quantitative estimate of drug-likeness (QED) is 0.867. The van der Waals surface area contributed by atoms with Gasteiger partial charge in [-0.2, -0.15) is 0 Å². The summed E-state index contributed by atoms with van der Waals surface area (Å²) in [5, 5.41) is 3.86. The number of aryl methyl sites for hydroxylation is 1. The molecule has 1 aliphatic heterocycles. The number of rotatable bonds is 6. The van der Waals surface area contributed by atoms with Crippen molar-refractivity contribution in [1.29, 1.82) is 0 Å². The molecule has 1 atom stereocenters. The monoisotopic (exact) mass is 323 g/mol. The lowest BCUT2D eigenvalue weighted by Crippen LogP contribution is -2.43. The Bertz CT molecular complexity index is 618. The summed E-state index contributed by atoms with van der Waals surface area (Å²) in [5.41, 5.74) is 3.92. The van der Waals surface area contributed by atoms with Gasteiger partial charge in [-0.25, -0.2) is 0 Å². The highest BCUT2D eigenvalue weighted by Gasteiger charge is 2.23. The molecule has 2 aromatic rings. The van der Waals surface area contributed by atoms with E-state index in [2.05, 4.69) is 65.4 Å². The molecule has 1 aromatic carbocycles. The van der Waals surface area contributed by atoms with E-state index in [4.69, 9.17) is 0 Å². The number of aromatic nitrogens is 1. The highest BCUT2D eigenvalue weighted by atomic mass is 15.1. The Morgan fingerprint density at radius 2 is 1.88 bits per heavy atom. The second-order valence-electron chi connectivity index (χ2n) is 6.87. The van der Waals surface area contributed by atoms with E-state index in [-0.39, 0.29) is 0 Å². The van der Waals surface area contributed by atoms with Crippen molar-refractivity contribution in [3.63, 3.8) is 0 Å². The third kappa shape index (κ3) is 4.43. The van der Waals surface area contributed by atoms with Crippen LogP contribution >= 0.6 is 0 Å². The van der Waals surface area contributed by atoms with Gasteiger partial charge in [0.15, 0.2) is 0 Å². The SMILES string of the molecule is CC[C@@H](NC1CCN(Cc2ccccc2)CC1)c1ncccc1C. The summed E-state index contributed by atoms with van der Waals surface area (Å²) in [6.45, 7) is 7.82. The smallest absolute Gasteiger partial charge is 0.0602 e. The molecule has 1 aromatic heterocycles. The van der Waals surface area contributed by atoms with Crippen molar-refractivity contribution in [3.05, 3.63) is 65.5 Å². The molecule has 0 saturated carbocycles. The predicted octanol–water partition coefficient (Wildman–Crippen LogP) is 4.10. The number of benzene rings is 1. The first-order chi connectivity index (χ1) is 11.8. The molecule has 0 amide bonds. The van der Waals surface area contributed by atoms with Crippen molar-refractivity contribution in [2.75, 3.05) is 13.1 Å². The van der Waals surface area contributed by atoms with Crippen molar-refractivity contribution < 1.29 is 0 Å². The molecule has 0 bridgehead atoms. The number of hydrogen-bond donors (Lipinski definition) is 1. The molecule has 128 valence electrons. The zero-order valence-corrected chi connectivity index (χ0v) is 14.9. The molecule has 0 aliphatic carbocycles. The van der Waals surface area contributed by atoms with Crippen molar-refractivity contribution in [3.8, 4) is 0 Å². The average Bonchev–Trinajstić information content (AvgIpc) is 2.63. The maximum atomic E-state index is 4.61. The van der Waals surface area contributed by atoms with Crippen molar-refractivity contribution in [2.45, 2.75) is 51.7 Å². The maximum absolute atomic E-state index is 4.61. The zero-order valence-electron chi connectivity index (χ0n) is 14.9. The predicted molar refractivity (Wildman–Crippen MR) is 99.9 cm³/mol. The van der Waals surface area contributed by atoms with Gasteiger partial charge in [0, 0.05) is 24.8 Å². The maximum Gasteiger partial charge on any atom is 0.0602 e. The lowest BCUT2D eigenvalue weighted by Gasteiger charge is -2.34. The number of piperidine rings is 1. The third-order valence-corrected chi connectivity index (χ3v) is 5.06. The number of nitrogens with one attached hydrogen (secondary N) is 1. The Kier molecular flexibility index (Phi) is 6.00. The van der Waals surface area contributed by atoms with Crippen LogP contribution < -0.4 is 5.32 Å². The molecule has 3 heteroatoms. The second kappa shape index (κ2) is 8.41. The molecule has 0 spiro atoms. The average molecular weight is 323 g/mol. The van der Waals surface area contributed by atoms with Crippen LogP contribution in [0.15, 0.2) is 48.7 Å². The van der Waals surface area contributed by atoms with Gasteiger partial charge in [-0.05, 0) is 56.5 Å². The highest BCUT2D eigenvalue weighted by molar-refractivity contribution is 5.21. The first-order valence-corrected chi connectivity index (χ1v) is 9.20. The van der Waals surface area contributed by atoms with Crippen LogP contribution in [-0.4, -0.2) is 29.0 Å². The van der Waals surface area contributed by atoms with E-state index in [0.717, 1.165) is 13.0 Å². The van der Waals surface area contributed by atoms with E-state index in [9.17, 15) is 0 Å². The van der Waals surface area contributed by atoms with Gasteiger partial charge in [-0.15, -0.1) is 0 Å². The Morgan fingerprint density at radius 1 is 1.12 bits per heavy atom. The van der Waals surface area contributed by atoms with Crippen LogP contribution in [0.1, 0.15) is 49.0 Å². The van der Waals surface area contributed by atoms with Gasteiger partial charge in [0.05, 0.1) is 5.69 Å². The van der Waals surface area contributed by atoms with Crippen LogP contribution in [0.4, 0.5) is 0 Å².